The number of benzene rings is 1. The Morgan fingerprint density at radius 3 is 2.52 bits per heavy atom. The fourth-order valence-electron chi connectivity index (χ4n) is 4.08. The van der Waals surface area contributed by atoms with Crippen LogP contribution in [0.5, 0.6) is 5.75 Å². The van der Waals surface area contributed by atoms with Crippen LogP contribution in [-0.2, 0) is 17.6 Å². The summed E-state index contributed by atoms with van der Waals surface area (Å²) in [5.41, 5.74) is 8.28. The fourth-order valence-corrected chi connectivity index (χ4v) is 5.39. The first-order chi connectivity index (χ1) is 14.0. The monoisotopic (exact) mass is 414 g/mol. The van der Waals surface area contributed by atoms with Gasteiger partial charge in [0.05, 0.1) is 19.2 Å². The summed E-state index contributed by atoms with van der Waals surface area (Å²) >= 11 is 1.50. The normalized spacial score (nSPS) is 16.5. The molecule has 154 valence electrons. The van der Waals surface area contributed by atoms with Crippen LogP contribution >= 0.6 is 11.3 Å². The number of nitrogens with one attached hydrogen (secondary N) is 1. The van der Waals surface area contributed by atoms with Crippen molar-refractivity contribution >= 4 is 33.8 Å². The Kier molecular flexibility index (Phi) is 5.73. The molecule has 1 saturated heterocycles. The van der Waals surface area contributed by atoms with E-state index in [0.29, 0.717) is 17.1 Å². The smallest absolute Gasteiger partial charge is 0.251 e. The first-order valence-corrected chi connectivity index (χ1v) is 10.7. The average Bonchev–Trinajstić information content (AvgIpc) is 3.29. The van der Waals surface area contributed by atoms with Crippen molar-refractivity contribution in [2.45, 2.75) is 19.3 Å². The van der Waals surface area contributed by atoms with Gasteiger partial charge in [-0.1, -0.05) is 0 Å². The Labute approximate surface area is 174 Å². The van der Waals surface area contributed by atoms with E-state index in [1.165, 1.54) is 16.2 Å². The van der Waals surface area contributed by atoms with Gasteiger partial charge in [0, 0.05) is 36.7 Å². The molecule has 7 nitrogen and oxygen atoms in total. The van der Waals surface area contributed by atoms with Gasteiger partial charge >= 0.3 is 0 Å². The molecule has 4 rings (SSSR count). The molecule has 2 heterocycles. The lowest BCUT2D eigenvalue weighted by Crippen LogP contribution is -2.48. The number of amides is 2. The van der Waals surface area contributed by atoms with E-state index in [9.17, 15) is 9.59 Å². The molecule has 0 bridgehead atoms. The highest BCUT2D eigenvalue weighted by Gasteiger charge is 2.27. The van der Waals surface area contributed by atoms with Crippen LogP contribution in [0.15, 0.2) is 24.3 Å². The number of thiophene rings is 1. The standard InChI is InChI=1S/C21H26N4O3S/c1-28-15-7-5-14(6-8-15)25-11-9-24(10-12-25)13-18(26)23-21-19(20(22)27)16-3-2-4-17(16)29-21/h5-8H,2-4,9-13H2,1H3,(H2,22,27)(H,23,26). The SMILES string of the molecule is COc1ccc(N2CCN(CC(=O)Nc3sc4c(c3C(N)=O)CCC4)CC2)cc1. The number of nitrogens with two attached hydrogens (primary N) is 1. The van der Waals surface area contributed by atoms with E-state index in [1.807, 2.05) is 12.1 Å². The number of hydrogen-bond donors (Lipinski definition) is 2. The lowest BCUT2D eigenvalue weighted by molar-refractivity contribution is -0.117. The Bertz CT molecular complexity index is 901. The lowest BCUT2D eigenvalue weighted by Gasteiger charge is -2.35. The van der Waals surface area contributed by atoms with Crippen molar-refractivity contribution in [1.29, 1.82) is 0 Å². The van der Waals surface area contributed by atoms with Crippen LogP contribution in [-0.4, -0.2) is 56.5 Å². The summed E-state index contributed by atoms with van der Waals surface area (Å²) in [5.74, 6) is 0.303. The first-order valence-electron chi connectivity index (χ1n) is 9.90. The van der Waals surface area contributed by atoms with E-state index in [2.05, 4.69) is 27.2 Å². The number of primary amides is 1. The molecule has 2 aliphatic rings. The maximum Gasteiger partial charge on any atom is 0.251 e. The van der Waals surface area contributed by atoms with Crippen molar-refractivity contribution in [2.24, 2.45) is 5.73 Å². The first kappa shape index (κ1) is 19.7. The molecule has 1 aliphatic heterocycles. The molecule has 29 heavy (non-hydrogen) atoms. The summed E-state index contributed by atoms with van der Waals surface area (Å²) in [6, 6.07) is 8.04. The fraction of sp³-hybridized carbons (Fsp3) is 0.429. The van der Waals surface area contributed by atoms with Crippen LogP contribution in [0, 0.1) is 0 Å². The molecule has 2 aromatic rings. The van der Waals surface area contributed by atoms with Crippen molar-refractivity contribution in [1.82, 2.24) is 4.90 Å². The minimum Gasteiger partial charge on any atom is -0.497 e. The second-order valence-corrected chi connectivity index (χ2v) is 8.54. The van der Waals surface area contributed by atoms with Gasteiger partial charge in [-0.15, -0.1) is 11.3 Å². The van der Waals surface area contributed by atoms with Gasteiger partial charge < -0.3 is 20.7 Å². The topological polar surface area (TPSA) is 87.9 Å². The van der Waals surface area contributed by atoms with E-state index in [0.717, 1.165) is 62.4 Å². The molecule has 1 fully saturated rings. The number of carbonyl (C=O) groups excluding carboxylic acids is 2. The van der Waals surface area contributed by atoms with Gasteiger partial charge in [-0.3, -0.25) is 14.5 Å². The summed E-state index contributed by atoms with van der Waals surface area (Å²) in [5, 5.41) is 3.55. The molecule has 1 aromatic carbocycles. The highest BCUT2D eigenvalue weighted by Crippen LogP contribution is 2.38. The molecule has 1 aliphatic carbocycles. The van der Waals surface area contributed by atoms with Crippen molar-refractivity contribution in [3.8, 4) is 5.75 Å². The van der Waals surface area contributed by atoms with E-state index >= 15 is 0 Å². The molecular weight excluding hydrogens is 388 g/mol. The Morgan fingerprint density at radius 2 is 1.86 bits per heavy atom. The van der Waals surface area contributed by atoms with Crippen molar-refractivity contribution in [2.75, 3.05) is 50.1 Å². The van der Waals surface area contributed by atoms with Crippen LogP contribution in [0.3, 0.4) is 0 Å². The third-order valence-electron chi connectivity index (χ3n) is 5.60. The molecule has 2 amide bonds. The number of nitrogens with zero attached hydrogens (tertiary/aromatic N) is 2. The molecular formula is C21H26N4O3S. The third-order valence-corrected chi connectivity index (χ3v) is 6.80. The quantitative estimate of drug-likeness (QED) is 0.756. The number of methoxy groups -OCH3 is 1. The van der Waals surface area contributed by atoms with E-state index in [-0.39, 0.29) is 5.91 Å². The highest BCUT2D eigenvalue weighted by molar-refractivity contribution is 7.17. The number of aryl methyl sites for hydroxylation is 1. The van der Waals surface area contributed by atoms with Crippen LogP contribution in [0.25, 0.3) is 0 Å². The number of rotatable bonds is 6. The minimum atomic E-state index is -0.451. The zero-order valence-corrected chi connectivity index (χ0v) is 17.4. The van der Waals surface area contributed by atoms with Gasteiger partial charge in [-0.25, -0.2) is 0 Å². The average molecular weight is 415 g/mol. The van der Waals surface area contributed by atoms with Gasteiger partial charge in [0.1, 0.15) is 10.8 Å². The predicted molar refractivity (Wildman–Crippen MR) is 115 cm³/mol. The van der Waals surface area contributed by atoms with Gasteiger partial charge in [-0.05, 0) is 49.1 Å². The van der Waals surface area contributed by atoms with E-state index in [4.69, 9.17) is 10.5 Å². The molecule has 0 unspecified atom stereocenters. The number of piperazine rings is 1. The maximum atomic E-state index is 12.6. The third kappa shape index (κ3) is 4.23. The Balaban J connectivity index is 1.32. The van der Waals surface area contributed by atoms with Crippen molar-refractivity contribution in [3.05, 3.63) is 40.3 Å². The van der Waals surface area contributed by atoms with E-state index < -0.39 is 5.91 Å². The number of ether oxygens (including phenoxy) is 1. The van der Waals surface area contributed by atoms with Crippen LogP contribution in [0.4, 0.5) is 10.7 Å². The molecule has 0 radical (unpaired) electrons. The Morgan fingerprint density at radius 1 is 1.14 bits per heavy atom. The predicted octanol–water partition coefficient (Wildman–Crippen LogP) is 2.10. The maximum absolute atomic E-state index is 12.6. The van der Waals surface area contributed by atoms with E-state index in [1.54, 1.807) is 7.11 Å². The van der Waals surface area contributed by atoms with Crippen LogP contribution in [0.1, 0.15) is 27.2 Å². The largest absolute Gasteiger partial charge is 0.497 e. The summed E-state index contributed by atoms with van der Waals surface area (Å²) < 4.78 is 5.21. The van der Waals surface area contributed by atoms with Crippen molar-refractivity contribution < 1.29 is 14.3 Å². The molecule has 3 N–H and O–H groups in total. The molecule has 0 saturated carbocycles. The zero-order chi connectivity index (χ0) is 20.4. The minimum absolute atomic E-state index is 0.0923. The number of carbonyl (C=O) groups is 2. The highest BCUT2D eigenvalue weighted by atomic mass is 32.1. The lowest BCUT2D eigenvalue weighted by atomic mass is 10.1. The van der Waals surface area contributed by atoms with Crippen molar-refractivity contribution in [3.63, 3.8) is 0 Å². The van der Waals surface area contributed by atoms with Crippen LogP contribution < -0.4 is 20.7 Å². The summed E-state index contributed by atoms with van der Waals surface area (Å²) in [6.45, 7) is 3.65. The molecule has 0 atom stereocenters. The second-order valence-electron chi connectivity index (χ2n) is 7.44. The summed E-state index contributed by atoms with van der Waals surface area (Å²) in [7, 11) is 1.66. The second kappa shape index (κ2) is 8.42. The van der Waals surface area contributed by atoms with Gasteiger partial charge in [-0.2, -0.15) is 0 Å². The summed E-state index contributed by atoms with van der Waals surface area (Å²) in [4.78, 5) is 30.1. The Hall–Kier alpha value is -2.58. The van der Waals surface area contributed by atoms with Gasteiger partial charge in [0.25, 0.3) is 5.91 Å². The van der Waals surface area contributed by atoms with Crippen LogP contribution in [0.2, 0.25) is 0 Å². The number of fused-ring (bicyclic) bond motifs is 1. The number of hydrogen-bond acceptors (Lipinski definition) is 6. The molecule has 8 heteroatoms. The summed E-state index contributed by atoms with van der Waals surface area (Å²) in [6.07, 6.45) is 2.88. The van der Waals surface area contributed by atoms with Gasteiger partial charge in [0.2, 0.25) is 5.91 Å². The van der Waals surface area contributed by atoms with Gasteiger partial charge in [0.15, 0.2) is 0 Å². The zero-order valence-electron chi connectivity index (χ0n) is 16.6. The molecule has 0 spiro atoms. The number of anilines is 2. The molecule has 1 aromatic heterocycles.